The van der Waals surface area contributed by atoms with Gasteiger partial charge in [0, 0.05) is 17.5 Å². The van der Waals surface area contributed by atoms with E-state index in [1.165, 1.54) is 13.2 Å². The molecule has 0 aliphatic rings. The van der Waals surface area contributed by atoms with Crippen molar-refractivity contribution in [3.63, 3.8) is 0 Å². The van der Waals surface area contributed by atoms with E-state index in [4.69, 9.17) is 20.8 Å². The lowest BCUT2D eigenvalue weighted by atomic mass is 10.1. The van der Waals surface area contributed by atoms with E-state index in [0.29, 0.717) is 11.3 Å². The SMILES string of the molecule is CCCc1cc(=O)oc2cc(Oc3nc(Cl)c(C(=O)OC)s3)ccc12. The maximum atomic E-state index is 11.7. The fourth-order valence-corrected chi connectivity index (χ4v) is 3.46. The summed E-state index contributed by atoms with van der Waals surface area (Å²) in [4.78, 5) is 27.4. The Balaban J connectivity index is 1.95. The minimum absolute atomic E-state index is 0.0180. The summed E-state index contributed by atoms with van der Waals surface area (Å²) in [6, 6.07) is 6.70. The highest BCUT2D eigenvalue weighted by Crippen LogP contribution is 2.33. The van der Waals surface area contributed by atoms with E-state index in [0.717, 1.165) is 35.1 Å². The molecule has 0 radical (unpaired) electrons. The van der Waals surface area contributed by atoms with Crippen molar-refractivity contribution in [2.24, 2.45) is 0 Å². The van der Waals surface area contributed by atoms with Crippen LogP contribution in [0.5, 0.6) is 10.9 Å². The second-order valence-corrected chi connectivity index (χ2v) is 6.51. The minimum atomic E-state index is -0.578. The third-order valence-corrected chi connectivity index (χ3v) is 4.76. The molecule has 0 fully saturated rings. The van der Waals surface area contributed by atoms with Crippen LogP contribution in [-0.2, 0) is 11.2 Å². The molecule has 6 nitrogen and oxygen atoms in total. The Morgan fingerprint density at radius 3 is 2.88 bits per heavy atom. The van der Waals surface area contributed by atoms with Crippen molar-refractivity contribution in [3.8, 4) is 10.9 Å². The monoisotopic (exact) mass is 379 g/mol. The lowest BCUT2D eigenvalue weighted by Gasteiger charge is -2.06. The quantitative estimate of drug-likeness (QED) is 0.482. The number of nitrogens with zero attached hydrogens (tertiary/aromatic N) is 1. The zero-order chi connectivity index (χ0) is 18.0. The fourth-order valence-electron chi connectivity index (χ4n) is 2.40. The average Bonchev–Trinajstić information content (AvgIpc) is 2.94. The van der Waals surface area contributed by atoms with Crippen LogP contribution in [0.15, 0.2) is 33.5 Å². The van der Waals surface area contributed by atoms with Gasteiger partial charge in [-0.1, -0.05) is 36.3 Å². The number of thiazole rings is 1. The molecule has 0 bridgehead atoms. The summed E-state index contributed by atoms with van der Waals surface area (Å²) in [7, 11) is 1.26. The largest absolute Gasteiger partial charge is 0.465 e. The number of ether oxygens (including phenoxy) is 2. The summed E-state index contributed by atoms with van der Waals surface area (Å²) in [5, 5.41) is 1.07. The Bertz CT molecular complexity index is 994. The fraction of sp³-hybridized carbons (Fsp3) is 0.235. The molecule has 3 rings (SSSR count). The predicted octanol–water partition coefficient (Wildman–Crippen LogP) is 4.43. The van der Waals surface area contributed by atoms with E-state index in [1.54, 1.807) is 12.1 Å². The number of hydrogen-bond donors (Lipinski definition) is 0. The first-order chi connectivity index (χ1) is 12.0. The summed E-state index contributed by atoms with van der Waals surface area (Å²) in [5.41, 5.74) is 0.966. The van der Waals surface area contributed by atoms with E-state index >= 15 is 0 Å². The summed E-state index contributed by atoms with van der Waals surface area (Å²) in [6.45, 7) is 2.04. The highest BCUT2D eigenvalue weighted by molar-refractivity contribution is 7.15. The van der Waals surface area contributed by atoms with Gasteiger partial charge in [-0.15, -0.1) is 0 Å². The minimum Gasteiger partial charge on any atom is -0.465 e. The lowest BCUT2D eigenvalue weighted by molar-refractivity contribution is 0.0606. The molecule has 0 aliphatic carbocycles. The second kappa shape index (κ2) is 7.25. The smallest absolute Gasteiger partial charge is 0.351 e. The van der Waals surface area contributed by atoms with Gasteiger partial charge in [0.1, 0.15) is 11.3 Å². The highest BCUT2D eigenvalue weighted by Gasteiger charge is 2.18. The van der Waals surface area contributed by atoms with Crippen molar-refractivity contribution in [1.29, 1.82) is 0 Å². The van der Waals surface area contributed by atoms with E-state index in [-0.39, 0.29) is 15.2 Å². The predicted molar refractivity (Wildman–Crippen MR) is 95.0 cm³/mol. The van der Waals surface area contributed by atoms with Gasteiger partial charge in [0.2, 0.25) is 0 Å². The molecule has 25 heavy (non-hydrogen) atoms. The van der Waals surface area contributed by atoms with Crippen LogP contribution < -0.4 is 10.4 Å². The molecule has 0 N–H and O–H groups in total. The molecule has 0 atom stereocenters. The van der Waals surface area contributed by atoms with Crippen molar-refractivity contribution < 1.29 is 18.7 Å². The van der Waals surface area contributed by atoms with Crippen LogP contribution in [0.2, 0.25) is 5.15 Å². The number of aryl methyl sites for hydroxylation is 1. The molecule has 2 heterocycles. The molecular weight excluding hydrogens is 366 g/mol. The van der Waals surface area contributed by atoms with Crippen LogP contribution in [0.1, 0.15) is 28.6 Å². The van der Waals surface area contributed by atoms with E-state index < -0.39 is 11.6 Å². The Hall–Kier alpha value is -2.38. The van der Waals surface area contributed by atoms with Crippen molar-refractivity contribution >= 4 is 39.9 Å². The van der Waals surface area contributed by atoms with Gasteiger partial charge in [-0.3, -0.25) is 0 Å². The number of fused-ring (bicyclic) bond motifs is 1. The van der Waals surface area contributed by atoms with Gasteiger partial charge in [-0.05, 0) is 24.1 Å². The number of benzene rings is 1. The Morgan fingerprint density at radius 2 is 2.16 bits per heavy atom. The van der Waals surface area contributed by atoms with Crippen molar-refractivity contribution in [1.82, 2.24) is 4.98 Å². The van der Waals surface area contributed by atoms with Gasteiger partial charge >= 0.3 is 11.6 Å². The van der Waals surface area contributed by atoms with Gasteiger partial charge in [0.05, 0.1) is 7.11 Å². The van der Waals surface area contributed by atoms with E-state index in [9.17, 15) is 9.59 Å². The molecule has 3 aromatic rings. The van der Waals surface area contributed by atoms with Gasteiger partial charge in [0.15, 0.2) is 10.0 Å². The first-order valence-corrected chi connectivity index (χ1v) is 8.70. The molecule has 1 aromatic carbocycles. The van der Waals surface area contributed by atoms with Gasteiger partial charge in [-0.2, -0.15) is 4.98 Å². The molecule has 0 amide bonds. The maximum absolute atomic E-state index is 11.7. The van der Waals surface area contributed by atoms with Gasteiger partial charge in [-0.25, -0.2) is 9.59 Å². The summed E-state index contributed by atoms with van der Waals surface area (Å²) in [6.07, 6.45) is 1.71. The van der Waals surface area contributed by atoms with Crippen molar-refractivity contribution in [2.75, 3.05) is 7.11 Å². The van der Waals surface area contributed by atoms with E-state index in [1.807, 2.05) is 13.0 Å². The number of carbonyl (C=O) groups is 1. The summed E-state index contributed by atoms with van der Waals surface area (Å²) < 4.78 is 15.5. The number of carbonyl (C=O) groups excluding carboxylic acids is 1. The molecule has 0 saturated carbocycles. The van der Waals surface area contributed by atoms with Crippen LogP contribution >= 0.6 is 22.9 Å². The molecule has 0 unspecified atom stereocenters. The van der Waals surface area contributed by atoms with E-state index in [2.05, 4.69) is 9.72 Å². The third-order valence-electron chi connectivity index (χ3n) is 3.46. The van der Waals surface area contributed by atoms with Crippen LogP contribution in [0.3, 0.4) is 0 Å². The highest BCUT2D eigenvalue weighted by atomic mass is 35.5. The second-order valence-electron chi connectivity index (χ2n) is 5.19. The van der Waals surface area contributed by atoms with Crippen LogP contribution in [0.4, 0.5) is 0 Å². The number of hydrogen-bond acceptors (Lipinski definition) is 7. The molecule has 2 aromatic heterocycles. The number of aromatic nitrogens is 1. The molecule has 0 spiro atoms. The van der Waals surface area contributed by atoms with Crippen molar-refractivity contribution in [3.05, 3.63) is 50.3 Å². The molecular formula is C17H14ClNO5S. The zero-order valence-electron chi connectivity index (χ0n) is 13.5. The van der Waals surface area contributed by atoms with Gasteiger partial charge < -0.3 is 13.9 Å². The molecule has 0 saturated heterocycles. The summed E-state index contributed by atoms with van der Waals surface area (Å²) in [5.74, 6) is -0.155. The van der Waals surface area contributed by atoms with Crippen LogP contribution in [0.25, 0.3) is 11.0 Å². The summed E-state index contributed by atoms with van der Waals surface area (Å²) >= 11 is 6.89. The normalized spacial score (nSPS) is 10.8. The average molecular weight is 380 g/mol. The number of halogens is 1. The zero-order valence-corrected chi connectivity index (χ0v) is 15.1. The van der Waals surface area contributed by atoms with Crippen molar-refractivity contribution in [2.45, 2.75) is 19.8 Å². The maximum Gasteiger partial charge on any atom is 0.351 e. The number of rotatable bonds is 5. The van der Waals surface area contributed by atoms with Crippen LogP contribution in [0, 0.1) is 0 Å². The Labute approximate surface area is 152 Å². The molecule has 8 heteroatoms. The number of esters is 1. The first kappa shape index (κ1) is 17.4. The standard InChI is InChI=1S/C17H14ClNO5S/c1-3-4-9-7-13(20)24-12-8-10(5-6-11(9)12)23-17-19-15(18)14(25-17)16(21)22-2/h5-8H,3-4H2,1-2H3. The lowest BCUT2D eigenvalue weighted by Crippen LogP contribution is -2.00. The first-order valence-electron chi connectivity index (χ1n) is 7.51. The Kier molecular flexibility index (Phi) is 5.06. The van der Waals surface area contributed by atoms with Gasteiger partial charge in [0.25, 0.3) is 5.19 Å². The van der Waals surface area contributed by atoms with Crippen LogP contribution in [-0.4, -0.2) is 18.1 Å². The number of methoxy groups -OCH3 is 1. The molecule has 0 aliphatic heterocycles. The third kappa shape index (κ3) is 3.67. The molecule has 130 valence electrons. The Morgan fingerprint density at radius 1 is 1.36 bits per heavy atom. The topological polar surface area (TPSA) is 78.6 Å².